The highest BCUT2D eigenvalue weighted by Gasteiger charge is 2.16. The number of aryl methyl sites for hydroxylation is 1. The van der Waals surface area contributed by atoms with E-state index in [-0.39, 0.29) is 11.6 Å². The lowest BCUT2D eigenvalue weighted by atomic mass is 10.2. The number of nitro benzene ring substituents is 1. The van der Waals surface area contributed by atoms with Crippen LogP contribution in [0, 0.1) is 10.1 Å². The summed E-state index contributed by atoms with van der Waals surface area (Å²) in [6, 6.07) is 13.3. The summed E-state index contributed by atoms with van der Waals surface area (Å²) < 4.78 is 5.58. The number of non-ortho nitro benzene ring substituents is 1. The highest BCUT2D eigenvalue weighted by molar-refractivity contribution is 5.94. The number of carbonyl (C=O) groups excluding carboxylic acids is 1. The molecule has 120 valence electrons. The standard InChI is InChI=1S/C17H18N2O4/c1-3-13-7-9-16(10-8-13)23-12(2)17(20)18-14-5-4-6-15(11-14)19(21)22/h4-12H,3H2,1-2H3,(H,18,20)/t12-/m0/s1. The summed E-state index contributed by atoms with van der Waals surface area (Å²) in [6.45, 7) is 3.69. The third-order valence-corrected chi connectivity index (χ3v) is 3.34. The van der Waals surface area contributed by atoms with Gasteiger partial charge in [-0.2, -0.15) is 0 Å². The van der Waals surface area contributed by atoms with Gasteiger partial charge in [-0.05, 0) is 37.1 Å². The number of hydrogen-bond donors (Lipinski definition) is 1. The van der Waals surface area contributed by atoms with E-state index >= 15 is 0 Å². The van der Waals surface area contributed by atoms with E-state index in [9.17, 15) is 14.9 Å². The van der Waals surface area contributed by atoms with Crippen LogP contribution in [0.25, 0.3) is 0 Å². The minimum absolute atomic E-state index is 0.0773. The molecule has 23 heavy (non-hydrogen) atoms. The SMILES string of the molecule is CCc1ccc(O[C@@H](C)C(=O)Nc2cccc([N+](=O)[O-])c2)cc1. The number of nitro groups is 1. The van der Waals surface area contributed by atoms with E-state index in [2.05, 4.69) is 12.2 Å². The van der Waals surface area contributed by atoms with Crippen LogP contribution < -0.4 is 10.1 Å². The number of amides is 1. The molecule has 6 heteroatoms. The zero-order valence-electron chi connectivity index (χ0n) is 13.0. The Morgan fingerprint density at radius 1 is 1.26 bits per heavy atom. The van der Waals surface area contributed by atoms with Gasteiger partial charge >= 0.3 is 0 Å². The van der Waals surface area contributed by atoms with Crippen LogP contribution in [0.15, 0.2) is 48.5 Å². The van der Waals surface area contributed by atoms with E-state index in [1.807, 2.05) is 24.3 Å². The summed E-state index contributed by atoms with van der Waals surface area (Å²) in [5.74, 6) is 0.231. The van der Waals surface area contributed by atoms with Gasteiger partial charge in [0.25, 0.3) is 11.6 Å². The van der Waals surface area contributed by atoms with Crippen molar-refractivity contribution in [3.8, 4) is 5.75 Å². The molecule has 0 bridgehead atoms. The lowest BCUT2D eigenvalue weighted by Crippen LogP contribution is -2.30. The van der Waals surface area contributed by atoms with Gasteiger partial charge in [0.2, 0.25) is 0 Å². The highest BCUT2D eigenvalue weighted by atomic mass is 16.6. The molecule has 0 saturated heterocycles. The monoisotopic (exact) mass is 314 g/mol. The summed E-state index contributed by atoms with van der Waals surface area (Å²) in [6.07, 6.45) is 0.213. The minimum Gasteiger partial charge on any atom is -0.481 e. The van der Waals surface area contributed by atoms with Crippen LogP contribution in [0.2, 0.25) is 0 Å². The molecule has 0 unspecified atom stereocenters. The largest absolute Gasteiger partial charge is 0.481 e. The molecule has 0 saturated carbocycles. The van der Waals surface area contributed by atoms with Crippen molar-refractivity contribution in [3.63, 3.8) is 0 Å². The summed E-state index contributed by atoms with van der Waals surface area (Å²) in [5.41, 5.74) is 1.47. The Hall–Kier alpha value is -2.89. The normalized spacial score (nSPS) is 11.6. The van der Waals surface area contributed by atoms with Gasteiger partial charge in [-0.3, -0.25) is 14.9 Å². The number of nitrogens with one attached hydrogen (secondary N) is 1. The first-order valence-electron chi connectivity index (χ1n) is 7.30. The second-order valence-corrected chi connectivity index (χ2v) is 5.05. The molecule has 2 aromatic carbocycles. The van der Waals surface area contributed by atoms with E-state index in [1.165, 1.54) is 23.8 Å². The van der Waals surface area contributed by atoms with Gasteiger partial charge in [-0.25, -0.2) is 0 Å². The predicted octanol–water partition coefficient (Wildman–Crippen LogP) is 3.56. The maximum absolute atomic E-state index is 12.1. The van der Waals surface area contributed by atoms with Crippen molar-refractivity contribution in [2.24, 2.45) is 0 Å². The first-order chi connectivity index (χ1) is 11.0. The Bertz CT molecular complexity index is 698. The van der Waals surface area contributed by atoms with Crippen LogP contribution in [0.3, 0.4) is 0 Å². The van der Waals surface area contributed by atoms with Gasteiger partial charge in [-0.15, -0.1) is 0 Å². The summed E-state index contributed by atoms with van der Waals surface area (Å²) in [5, 5.41) is 13.3. The topological polar surface area (TPSA) is 81.5 Å². The van der Waals surface area contributed by atoms with E-state index in [1.54, 1.807) is 13.0 Å². The van der Waals surface area contributed by atoms with Gasteiger partial charge in [0, 0.05) is 17.8 Å². The van der Waals surface area contributed by atoms with Gasteiger partial charge in [0.15, 0.2) is 6.10 Å². The zero-order valence-corrected chi connectivity index (χ0v) is 13.0. The molecule has 1 N–H and O–H groups in total. The summed E-state index contributed by atoms with van der Waals surface area (Å²) in [7, 11) is 0. The van der Waals surface area contributed by atoms with Crippen LogP contribution in [-0.2, 0) is 11.2 Å². The Morgan fingerprint density at radius 2 is 1.96 bits per heavy atom. The summed E-state index contributed by atoms with van der Waals surface area (Å²) >= 11 is 0. The molecule has 6 nitrogen and oxygen atoms in total. The van der Waals surface area contributed by atoms with Crippen LogP contribution in [0.5, 0.6) is 5.75 Å². The summed E-state index contributed by atoms with van der Waals surface area (Å²) in [4.78, 5) is 22.3. The minimum atomic E-state index is -0.721. The number of anilines is 1. The van der Waals surface area contributed by atoms with Crippen molar-refractivity contribution in [1.82, 2.24) is 0 Å². The third-order valence-electron chi connectivity index (χ3n) is 3.34. The first-order valence-corrected chi connectivity index (χ1v) is 7.30. The van der Waals surface area contributed by atoms with Crippen LogP contribution >= 0.6 is 0 Å². The third kappa shape index (κ3) is 4.54. The number of benzene rings is 2. The maximum Gasteiger partial charge on any atom is 0.271 e. The zero-order chi connectivity index (χ0) is 16.8. The molecule has 0 radical (unpaired) electrons. The molecular formula is C17H18N2O4. The van der Waals surface area contributed by atoms with Gasteiger partial charge in [0.05, 0.1) is 4.92 Å². The van der Waals surface area contributed by atoms with E-state index in [4.69, 9.17) is 4.74 Å². The molecular weight excluding hydrogens is 296 g/mol. The molecule has 0 heterocycles. The fourth-order valence-corrected chi connectivity index (χ4v) is 2.00. The van der Waals surface area contributed by atoms with Gasteiger partial charge in [-0.1, -0.05) is 25.1 Å². The smallest absolute Gasteiger partial charge is 0.271 e. The van der Waals surface area contributed by atoms with Crippen molar-refractivity contribution >= 4 is 17.3 Å². The molecule has 2 rings (SSSR count). The Kier molecular flexibility index (Phi) is 5.30. The Morgan fingerprint density at radius 3 is 2.57 bits per heavy atom. The second kappa shape index (κ2) is 7.40. The number of rotatable bonds is 6. The van der Waals surface area contributed by atoms with Crippen molar-refractivity contribution in [3.05, 3.63) is 64.2 Å². The van der Waals surface area contributed by atoms with Crippen molar-refractivity contribution < 1.29 is 14.5 Å². The molecule has 0 aromatic heterocycles. The number of ether oxygens (including phenoxy) is 1. The highest BCUT2D eigenvalue weighted by Crippen LogP contribution is 2.18. The maximum atomic E-state index is 12.1. The lowest BCUT2D eigenvalue weighted by molar-refractivity contribution is -0.384. The van der Waals surface area contributed by atoms with Gasteiger partial charge in [0.1, 0.15) is 5.75 Å². The number of nitrogens with zero attached hydrogens (tertiary/aromatic N) is 1. The molecule has 0 spiro atoms. The van der Waals surface area contributed by atoms with Crippen molar-refractivity contribution in [2.75, 3.05) is 5.32 Å². The second-order valence-electron chi connectivity index (χ2n) is 5.05. The Balaban J connectivity index is 1.99. The van der Waals surface area contributed by atoms with Crippen LogP contribution in [-0.4, -0.2) is 16.9 Å². The van der Waals surface area contributed by atoms with Gasteiger partial charge < -0.3 is 10.1 Å². The fourth-order valence-electron chi connectivity index (χ4n) is 2.00. The fraction of sp³-hybridized carbons (Fsp3) is 0.235. The van der Waals surface area contributed by atoms with E-state index in [0.717, 1.165) is 6.42 Å². The molecule has 0 aliphatic heterocycles. The quantitative estimate of drug-likeness (QED) is 0.653. The molecule has 2 aromatic rings. The predicted molar refractivity (Wildman–Crippen MR) is 87.6 cm³/mol. The van der Waals surface area contributed by atoms with E-state index in [0.29, 0.717) is 11.4 Å². The molecule has 1 amide bonds. The van der Waals surface area contributed by atoms with Crippen molar-refractivity contribution in [1.29, 1.82) is 0 Å². The van der Waals surface area contributed by atoms with Crippen LogP contribution in [0.1, 0.15) is 19.4 Å². The molecule has 1 atom stereocenters. The molecule has 0 aliphatic rings. The first kappa shape index (κ1) is 16.5. The number of hydrogen-bond acceptors (Lipinski definition) is 4. The van der Waals surface area contributed by atoms with E-state index < -0.39 is 11.0 Å². The average Bonchev–Trinajstić information content (AvgIpc) is 2.55. The van der Waals surface area contributed by atoms with Crippen LogP contribution in [0.4, 0.5) is 11.4 Å². The Labute approximate surface area is 134 Å². The molecule has 0 fully saturated rings. The lowest BCUT2D eigenvalue weighted by Gasteiger charge is -2.15. The number of carbonyl (C=O) groups is 1. The average molecular weight is 314 g/mol. The molecule has 0 aliphatic carbocycles. The van der Waals surface area contributed by atoms with Crippen molar-refractivity contribution in [2.45, 2.75) is 26.4 Å².